The number of carbonyl (C=O) groups excluding carboxylic acids is 2. The molecule has 25 heavy (non-hydrogen) atoms. The van der Waals surface area contributed by atoms with Gasteiger partial charge in [0.2, 0.25) is 11.8 Å². The number of aryl methyl sites for hydroxylation is 2. The topological polar surface area (TPSA) is 58.4 Å². The average Bonchev–Trinajstić information content (AvgIpc) is 3.14. The van der Waals surface area contributed by atoms with Crippen LogP contribution in [-0.2, 0) is 16.1 Å². The van der Waals surface area contributed by atoms with E-state index in [-0.39, 0.29) is 23.9 Å². The maximum atomic E-state index is 12.9. The molecule has 0 unspecified atom stereocenters. The molecule has 3 rings (SSSR count). The van der Waals surface area contributed by atoms with E-state index in [0.717, 1.165) is 63.1 Å². The Morgan fingerprint density at radius 1 is 1.08 bits per heavy atom. The normalized spacial score (nSPS) is 24.0. The molecule has 2 aliphatic heterocycles. The van der Waals surface area contributed by atoms with Gasteiger partial charge in [-0.2, -0.15) is 5.10 Å². The van der Waals surface area contributed by atoms with Crippen molar-refractivity contribution in [3.8, 4) is 0 Å². The molecule has 2 amide bonds. The Kier molecular flexibility index (Phi) is 5.45. The second-order valence-electron chi connectivity index (χ2n) is 7.56. The van der Waals surface area contributed by atoms with Crippen molar-refractivity contribution in [3.63, 3.8) is 0 Å². The van der Waals surface area contributed by atoms with Crippen molar-refractivity contribution < 1.29 is 9.59 Å². The SMILES string of the molecule is CC(=O)N1CCCC[C@@H]1CC(=O)N1CCC[C@H]1Cn1nc(C)cc1C. The van der Waals surface area contributed by atoms with Gasteiger partial charge in [0.25, 0.3) is 0 Å². The molecular formula is C19H30N4O2. The molecule has 0 spiro atoms. The third-order valence-corrected chi connectivity index (χ3v) is 5.63. The van der Waals surface area contributed by atoms with Gasteiger partial charge in [-0.15, -0.1) is 0 Å². The van der Waals surface area contributed by atoms with Crippen molar-refractivity contribution in [2.45, 2.75) is 77.9 Å². The van der Waals surface area contributed by atoms with E-state index in [0.29, 0.717) is 6.42 Å². The molecular weight excluding hydrogens is 316 g/mol. The highest BCUT2D eigenvalue weighted by molar-refractivity contribution is 5.79. The number of piperidine rings is 1. The van der Waals surface area contributed by atoms with Gasteiger partial charge in [-0.05, 0) is 52.0 Å². The van der Waals surface area contributed by atoms with Gasteiger partial charge in [-0.25, -0.2) is 0 Å². The van der Waals surface area contributed by atoms with E-state index >= 15 is 0 Å². The van der Waals surface area contributed by atoms with Gasteiger partial charge < -0.3 is 9.80 Å². The fourth-order valence-electron chi connectivity index (χ4n) is 4.36. The summed E-state index contributed by atoms with van der Waals surface area (Å²) in [4.78, 5) is 28.7. The second kappa shape index (κ2) is 7.58. The smallest absolute Gasteiger partial charge is 0.224 e. The minimum Gasteiger partial charge on any atom is -0.339 e. The Bertz CT molecular complexity index is 639. The van der Waals surface area contributed by atoms with Gasteiger partial charge in [-0.3, -0.25) is 14.3 Å². The van der Waals surface area contributed by atoms with E-state index in [1.807, 2.05) is 21.4 Å². The lowest BCUT2D eigenvalue weighted by Gasteiger charge is -2.36. The highest BCUT2D eigenvalue weighted by Crippen LogP contribution is 2.25. The fourth-order valence-corrected chi connectivity index (χ4v) is 4.36. The Hall–Kier alpha value is -1.85. The van der Waals surface area contributed by atoms with Crippen LogP contribution in [0.3, 0.4) is 0 Å². The van der Waals surface area contributed by atoms with Gasteiger partial charge in [0.1, 0.15) is 0 Å². The van der Waals surface area contributed by atoms with Crippen LogP contribution >= 0.6 is 0 Å². The molecule has 2 aliphatic rings. The number of carbonyl (C=O) groups is 2. The van der Waals surface area contributed by atoms with Crippen molar-refractivity contribution in [1.82, 2.24) is 19.6 Å². The van der Waals surface area contributed by atoms with Crippen LogP contribution in [0.2, 0.25) is 0 Å². The number of hydrogen-bond acceptors (Lipinski definition) is 3. The van der Waals surface area contributed by atoms with Crippen LogP contribution in [-0.4, -0.2) is 56.6 Å². The first kappa shape index (κ1) is 18.0. The molecule has 0 N–H and O–H groups in total. The van der Waals surface area contributed by atoms with E-state index in [1.165, 1.54) is 0 Å². The van der Waals surface area contributed by atoms with Crippen LogP contribution in [0.25, 0.3) is 0 Å². The Balaban J connectivity index is 1.64. The molecule has 1 aromatic rings. The minimum atomic E-state index is 0.0775. The third-order valence-electron chi connectivity index (χ3n) is 5.63. The summed E-state index contributed by atoms with van der Waals surface area (Å²) >= 11 is 0. The predicted octanol–water partition coefficient (Wildman–Crippen LogP) is 2.28. The summed E-state index contributed by atoms with van der Waals surface area (Å²) in [6.07, 6.45) is 5.65. The maximum absolute atomic E-state index is 12.9. The second-order valence-corrected chi connectivity index (χ2v) is 7.56. The fraction of sp³-hybridized carbons (Fsp3) is 0.737. The highest BCUT2D eigenvalue weighted by Gasteiger charge is 2.33. The van der Waals surface area contributed by atoms with E-state index in [2.05, 4.69) is 18.1 Å². The predicted molar refractivity (Wildman–Crippen MR) is 96.1 cm³/mol. The van der Waals surface area contributed by atoms with Crippen molar-refractivity contribution in [1.29, 1.82) is 0 Å². The van der Waals surface area contributed by atoms with E-state index < -0.39 is 0 Å². The maximum Gasteiger partial charge on any atom is 0.224 e. The van der Waals surface area contributed by atoms with Crippen molar-refractivity contribution in [2.24, 2.45) is 0 Å². The lowest BCUT2D eigenvalue weighted by molar-refractivity contribution is -0.137. The molecule has 0 saturated carbocycles. The highest BCUT2D eigenvalue weighted by atomic mass is 16.2. The Labute approximate surface area is 150 Å². The number of amides is 2. The van der Waals surface area contributed by atoms with Crippen molar-refractivity contribution in [3.05, 3.63) is 17.5 Å². The zero-order valence-corrected chi connectivity index (χ0v) is 15.7. The zero-order valence-electron chi connectivity index (χ0n) is 15.7. The molecule has 2 saturated heterocycles. The van der Waals surface area contributed by atoms with Crippen LogP contribution in [0.4, 0.5) is 0 Å². The van der Waals surface area contributed by atoms with Crippen LogP contribution < -0.4 is 0 Å². The third kappa shape index (κ3) is 4.05. The van der Waals surface area contributed by atoms with Crippen molar-refractivity contribution >= 4 is 11.8 Å². The van der Waals surface area contributed by atoms with E-state index in [4.69, 9.17) is 0 Å². The summed E-state index contributed by atoms with van der Waals surface area (Å²) in [6.45, 7) is 8.07. The first-order chi connectivity index (χ1) is 12.0. The van der Waals surface area contributed by atoms with Crippen LogP contribution in [0, 0.1) is 13.8 Å². The van der Waals surface area contributed by atoms with Gasteiger partial charge in [0, 0.05) is 38.2 Å². The summed E-state index contributed by atoms with van der Waals surface area (Å²) in [5.74, 6) is 0.292. The summed E-state index contributed by atoms with van der Waals surface area (Å²) in [6, 6.07) is 2.38. The molecule has 138 valence electrons. The summed E-state index contributed by atoms with van der Waals surface area (Å²) in [7, 11) is 0. The quantitative estimate of drug-likeness (QED) is 0.840. The van der Waals surface area contributed by atoms with E-state index in [1.54, 1.807) is 6.92 Å². The van der Waals surface area contributed by atoms with Crippen LogP contribution in [0.15, 0.2) is 6.07 Å². The first-order valence-electron chi connectivity index (χ1n) is 9.53. The molecule has 2 fully saturated rings. The standard InChI is InChI=1S/C19H30N4O2/c1-14-11-15(2)23(20-14)13-18-8-6-10-22(18)19(25)12-17-7-4-5-9-21(17)16(3)24/h11,17-18H,4-10,12-13H2,1-3H3/t17-,18+/m1/s1. The molecule has 0 bridgehead atoms. The first-order valence-corrected chi connectivity index (χ1v) is 9.53. The number of rotatable bonds is 4. The number of likely N-dealkylation sites (tertiary alicyclic amines) is 2. The lowest BCUT2D eigenvalue weighted by atomic mass is 9.98. The Morgan fingerprint density at radius 3 is 2.48 bits per heavy atom. The van der Waals surface area contributed by atoms with E-state index in [9.17, 15) is 9.59 Å². The molecule has 2 atom stereocenters. The van der Waals surface area contributed by atoms with Gasteiger partial charge in [0.05, 0.1) is 18.3 Å². The largest absolute Gasteiger partial charge is 0.339 e. The molecule has 1 aromatic heterocycles. The zero-order chi connectivity index (χ0) is 18.0. The van der Waals surface area contributed by atoms with Crippen LogP contribution in [0.5, 0.6) is 0 Å². The molecule has 0 radical (unpaired) electrons. The Morgan fingerprint density at radius 2 is 1.80 bits per heavy atom. The summed E-state index contributed by atoms with van der Waals surface area (Å²) in [5.41, 5.74) is 2.17. The molecule has 0 aliphatic carbocycles. The van der Waals surface area contributed by atoms with Crippen molar-refractivity contribution in [2.75, 3.05) is 13.1 Å². The number of nitrogens with zero attached hydrogens (tertiary/aromatic N) is 4. The van der Waals surface area contributed by atoms with Crippen LogP contribution in [0.1, 0.15) is 56.8 Å². The molecule has 3 heterocycles. The summed E-state index contributed by atoms with van der Waals surface area (Å²) < 4.78 is 2.02. The molecule has 0 aromatic carbocycles. The summed E-state index contributed by atoms with van der Waals surface area (Å²) in [5, 5.41) is 4.54. The number of aromatic nitrogens is 2. The van der Waals surface area contributed by atoms with Gasteiger partial charge >= 0.3 is 0 Å². The average molecular weight is 346 g/mol. The lowest BCUT2D eigenvalue weighted by Crippen LogP contribution is -2.47. The van der Waals surface area contributed by atoms with Gasteiger partial charge in [0.15, 0.2) is 0 Å². The molecule has 6 nitrogen and oxygen atoms in total. The molecule has 6 heteroatoms. The monoisotopic (exact) mass is 346 g/mol. The number of hydrogen-bond donors (Lipinski definition) is 0. The van der Waals surface area contributed by atoms with Gasteiger partial charge in [-0.1, -0.05) is 0 Å². The minimum absolute atomic E-state index is 0.0775.